The lowest BCUT2D eigenvalue weighted by Gasteiger charge is -2.19. The van der Waals surface area contributed by atoms with Gasteiger partial charge in [-0.25, -0.2) is 9.97 Å². The maximum Gasteiger partial charge on any atom is 0.229 e. The van der Waals surface area contributed by atoms with Gasteiger partial charge in [-0.1, -0.05) is 12.1 Å². The van der Waals surface area contributed by atoms with Gasteiger partial charge in [-0.15, -0.1) is 11.6 Å². The fraction of sp³-hybridized carbons (Fsp3) is 0.231. The van der Waals surface area contributed by atoms with Gasteiger partial charge in [0.2, 0.25) is 5.95 Å². The molecule has 1 heterocycles. The van der Waals surface area contributed by atoms with Crippen LogP contribution in [0.15, 0.2) is 36.7 Å². The number of alkyl halides is 1. The van der Waals surface area contributed by atoms with E-state index in [1.807, 2.05) is 36.2 Å². The molecule has 5 heteroatoms. The predicted molar refractivity (Wildman–Crippen MR) is 72.6 cm³/mol. The van der Waals surface area contributed by atoms with Crippen molar-refractivity contribution < 1.29 is 4.74 Å². The van der Waals surface area contributed by atoms with Crippen molar-refractivity contribution in [1.82, 2.24) is 9.97 Å². The molecule has 2 aromatic rings. The molecule has 0 aliphatic rings. The number of anilines is 2. The van der Waals surface area contributed by atoms with Crippen LogP contribution in [0.1, 0.15) is 5.56 Å². The van der Waals surface area contributed by atoms with Crippen molar-refractivity contribution in [3.8, 4) is 5.75 Å². The highest BCUT2D eigenvalue weighted by molar-refractivity contribution is 6.17. The quantitative estimate of drug-likeness (QED) is 0.795. The molecular weight excluding hydrogens is 250 g/mol. The van der Waals surface area contributed by atoms with Crippen LogP contribution < -0.4 is 9.64 Å². The van der Waals surface area contributed by atoms with E-state index >= 15 is 0 Å². The minimum absolute atomic E-state index is 0.415. The summed E-state index contributed by atoms with van der Waals surface area (Å²) in [6.07, 6.45) is 3.45. The summed E-state index contributed by atoms with van der Waals surface area (Å²) in [5.41, 5.74) is 1.81. The Balaban J connectivity index is 2.31. The lowest BCUT2D eigenvalue weighted by Crippen LogP contribution is -2.14. The minimum Gasteiger partial charge on any atom is -0.495 e. The summed E-state index contributed by atoms with van der Waals surface area (Å²) in [7, 11) is 3.54. The predicted octanol–water partition coefficient (Wildman–Crippen LogP) is 2.99. The summed E-state index contributed by atoms with van der Waals surface area (Å²) in [6.45, 7) is 0. The van der Waals surface area contributed by atoms with E-state index in [1.54, 1.807) is 19.5 Å². The van der Waals surface area contributed by atoms with E-state index in [4.69, 9.17) is 16.3 Å². The van der Waals surface area contributed by atoms with Crippen molar-refractivity contribution in [2.75, 3.05) is 19.1 Å². The van der Waals surface area contributed by atoms with Crippen LogP contribution in [0.2, 0.25) is 0 Å². The molecule has 0 saturated heterocycles. The Hall–Kier alpha value is -1.81. The number of hydrogen-bond donors (Lipinski definition) is 0. The molecule has 0 aliphatic carbocycles. The molecule has 0 fully saturated rings. The van der Waals surface area contributed by atoms with E-state index in [9.17, 15) is 0 Å². The van der Waals surface area contributed by atoms with Crippen LogP contribution in [-0.2, 0) is 5.88 Å². The van der Waals surface area contributed by atoms with Gasteiger partial charge in [-0.2, -0.15) is 0 Å². The van der Waals surface area contributed by atoms with Gasteiger partial charge in [-0.3, -0.25) is 0 Å². The molecule has 18 heavy (non-hydrogen) atoms. The standard InChI is InChI=1S/C13H14ClN3O/c1-17(11-5-3-4-6-12(11)18-2)13-15-8-10(7-14)9-16-13/h3-6,8-9H,7H2,1-2H3. The zero-order valence-corrected chi connectivity index (χ0v) is 11.1. The summed E-state index contributed by atoms with van der Waals surface area (Å²) in [6, 6.07) is 7.73. The topological polar surface area (TPSA) is 38.2 Å². The molecule has 94 valence electrons. The number of nitrogens with zero attached hydrogens (tertiary/aromatic N) is 3. The lowest BCUT2D eigenvalue weighted by molar-refractivity contribution is 0.415. The third kappa shape index (κ3) is 2.54. The fourth-order valence-electron chi connectivity index (χ4n) is 1.60. The molecule has 1 aromatic heterocycles. The highest BCUT2D eigenvalue weighted by Crippen LogP contribution is 2.30. The van der Waals surface area contributed by atoms with E-state index in [0.29, 0.717) is 11.8 Å². The molecule has 0 aliphatic heterocycles. The van der Waals surface area contributed by atoms with E-state index in [-0.39, 0.29) is 0 Å². The van der Waals surface area contributed by atoms with Crippen molar-refractivity contribution >= 4 is 23.2 Å². The molecule has 0 unspecified atom stereocenters. The van der Waals surface area contributed by atoms with E-state index in [0.717, 1.165) is 17.0 Å². The Kier molecular flexibility index (Phi) is 3.99. The van der Waals surface area contributed by atoms with Crippen molar-refractivity contribution in [2.24, 2.45) is 0 Å². The number of rotatable bonds is 4. The van der Waals surface area contributed by atoms with Crippen molar-refractivity contribution in [2.45, 2.75) is 5.88 Å². The first-order valence-corrected chi connectivity index (χ1v) is 6.03. The van der Waals surface area contributed by atoms with Crippen LogP contribution in [-0.4, -0.2) is 24.1 Å². The number of aromatic nitrogens is 2. The van der Waals surface area contributed by atoms with Crippen LogP contribution in [0.5, 0.6) is 5.75 Å². The lowest BCUT2D eigenvalue weighted by atomic mass is 10.3. The van der Waals surface area contributed by atoms with Crippen molar-refractivity contribution in [1.29, 1.82) is 0 Å². The number of ether oxygens (including phenoxy) is 1. The third-order valence-corrected chi connectivity index (χ3v) is 2.90. The largest absolute Gasteiger partial charge is 0.495 e. The SMILES string of the molecule is COc1ccccc1N(C)c1ncc(CCl)cn1. The molecule has 2 rings (SSSR count). The Morgan fingerprint density at radius 1 is 1.22 bits per heavy atom. The first-order valence-electron chi connectivity index (χ1n) is 5.50. The summed E-state index contributed by atoms with van der Waals surface area (Å²) in [4.78, 5) is 10.4. The average Bonchev–Trinajstić information content (AvgIpc) is 2.46. The average molecular weight is 264 g/mol. The zero-order chi connectivity index (χ0) is 13.0. The van der Waals surface area contributed by atoms with E-state index < -0.39 is 0 Å². The second kappa shape index (κ2) is 5.69. The van der Waals surface area contributed by atoms with E-state index in [1.165, 1.54) is 0 Å². The van der Waals surface area contributed by atoms with E-state index in [2.05, 4.69) is 9.97 Å². The second-order valence-electron chi connectivity index (χ2n) is 3.76. The molecule has 0 saturated carbocycles. The summed E-state index contributed by atoms with van der Waals surface area (Å²) in [5.74, 6) is 1.80. The van der Waals surface area contributed by atoms with Gasteiger partial charge in [-0.05, 0) is 12.1 Å². The molecular formula is C13H14ClN3O. The normalized spacial score (nSPS) is 10.2. The van der Waals surface area contributed by atoms with Gasteiger partial charge >= 0.3 is 0 Å². The molecule has 1 aromatic carbocycles. The molecule has 0 atom stereocenters. The molecule has 0 spiro atoms. The summed E-state index contributed by atoms with van der Waals surface area (Å²) < 4.78 is 5.31. The first kappa shape index (κ1) is 12.6. The Morgan fingerprint density at radius 2 is 1.89 bits per heavy atom. The van der Waals surface area contributed by atoms with Crippen LogP contribution in [0.25, 0.3) is 0 Å². The third-order valence-electron chi connectivity index (χ3n) is 2.59. The Morgan fingerprint density at radius 3 is 2.50 bits per heavy atom. The Bertz CT molecular complexity index is 516. The molecule has 0 bridgehead atoms. The highest BCUT2D eigenvalue weighted by atomic mass is 35.5. The van der Waals surface area contributed by atoms with Gasteiger partial charge < -0.3 is 9.64 Å². The zero-order valence-electron chi connectivity index (χ0n) is 10.3. The number of hydrogen-bond acceptors (Lipinski definition) is 4. The highest BCUT2D eigenvalue weighted by Gasteiger charge is 2.11. The smallest absolute Gasteiger partial charge is 0.229 e. The summed E-state index contributed by atoms with van der Waals surface area (Å²) >= 11 is 5.71. The van der Waals surface area contributed by atoms with Gasteiger partial charge in [0.05, 0.1) is 18.7 Å². The number of benzene rings is 1. The fourth-order valence-corrected chi connectivity index (χ4v) is 1.74. The van der Waals surface area contributed by atoms with Gasteiger partial charge in [0, 0.05) is 25.0 Å². The first-order chi connectivity index (χ1) is 8.76. The van der Waals surface area contributed by atoms with Gasteiger partial charge in [0.25, 0.3) is 0 Å². The van der Waals surface area contributed by atoms with Gasteiger partial charge in [0.1, 0.15) is 5.75 Å². The minimum atomic E-state index is 0.415. The Labute approximate surface area is 111 Å². The van der Waals surface area contributed by atoms with Crippen LogP contribution >= 0.6 is 11.6 Å². The summed E-state index contributed by atoms with van der Waals surface area (Å²) in [5, 5.41) is 0. The van der Waals surface area contributed by atoms with Crippen molar-refractivity contribution in [3.63, 3.8) is 0 Å². The van der Waals surface area contributed by atoms with Crippen LogP contribution in [0.4, 0.5) is 11.6 Å². The van der Waals surface area contributed by atoms with Crippen molar-refractivity contribution in [3.05, 3.63) is 42.2 Å². The van der Waals surface area contributed by atoms with Crippen LogP contribution in [0, 0.1) is 0 Å². The number of methoxy groups -OCH3 is 1. The maximum absolute atomic E-state index is 5.71. The molecule has 0 amide bonds. The van der Waals surface area contributed by atoms with Crippen LogP contribution in [0.3, 0.4) is 0 Å². The molecule has 4 nitrogen and oxygen atoms in total. The number of halogens is 1. The maximum atomic E-state index is 5.71. The monoisotopic (exact) mass is 263 g/mol. The molecule has 0 radical (unpaired) electrons. The second-order valence-corrected chi connectivity index (χ2v) is 4.02. The molecule has 0 N–H and O–H groups in total. The van der Waals surface area contributed by atoms with Gasteiger partial charge in [0.15, 0.2) is 0 Å². The number of para-hydroxylation sites is 2.